The van der Waals surface area contributed by atoms with Crippen molar-refractivity contribution in [3.05, 3.63) is 83.4 Å². The second kappa shape index (κ2) is 9.84. The van der Waals surface area contributed by atoms with Crippen molar-refractivity contribution in [1.29, 1.82) is 0 Å². The number of aliphatic carboxylic acids is 1. The Labute approximate surface area is 196 Å². The Morgan fingerprint density at radius 2 is 1.44 bits per heavy atom. The maximum atomic E-state index is 12.7. The van der Waals surface area contributed by atoms with Gasteiger partial charge in [0.15, 0.2) is 6.10 Å². The van der Waals surface area contributed by atoms with Crippen molar-refractivity contribution in [3.8, 4) is 22.6 Å². The molecular formula is C26H25NO7. The number of hydrogen-bond acceptors (Lipinski definition) is 6. The highest BCUT2D eigenvalue weighted by atomic mass is 16.5. The summed E-state index contributed by atoms with van der Waals surface area (Å²) < 4.78 is 16.0. The molecular weight excluding hydrogens is 438 g/mol. The Morgan fingerprint density at radius 3 is 1.94 bits per heavy atom. The molecule has 0 unspecified atom stereocenters. The maximum absolute atomic E-state index is 12.7. The number of carbonyl (C=O) groups excluding carboxylic acids is 1. The number of fused-ring (bicyclic) bond motifs is 3. The van der Waals surface area contributed by atoms with Gasteiger partial charge in [-0.2, -0.15) is 0 Å². The summed E-state index contributed by atoms with van der Waals surface area (Å²) in [4.78, 5) is 24.3. The Morgan fingerprint density at radius 1 is 0.912 bits per heavy atom. The Hall–Kier alpha value is -4.04. The van der Waals surface area contributed by atoms with Crippen LogP contribution >= 0.6 is 0 Å². The number of carboxylic acid groups (broad SMARTS) is 1. The minimum absolute atomic E-state index is 0.0528. The van der Waals surface area contributed by atoms with Gasteiger partial charge in [-0.05, 0) is 39.9 Å². The second-order valence-corrected chi connectivity index (χ2v) is 7.88. The standard InChI is InChI=1S/C26H25NO7/c1-32-16-11-15(12-17(13-16)33-2)23(24(28)25(29)30)27-26(31)34-14-22-20-9-5-3-7-18(20)19-8-4-6-10-21(19)22/h3-13,22-24,28H,14H2,1-2H3,(H,27,31)(H,29,30)/t23-,24-/m1/s1. The van der Waals surface area contributed by atoms with Crippen molar-refractivity contribution in [1.82, 2.24) is 5.32 Å². The molecule has 0 bridgehead atoms. The highest BCUT2D eigenvalue weighted by molar-refractivity contribution is 5.79. The maximum Gasteiger partial charge on any atom is 0.407 e. The van der Waals surface area contributed by atoms with Crippen LogP contribution in [0.15, 0.2) is 66.7 Å². The first-order valence-electron chi connectivity index (χ1n) is 10.7. The zero-order valence-corrected chi connectivity index (χ0v) is 18.7. The van der Waals surface area contributed by atoms with Gasteiger partial charge in [0.2, 0.25) is 0 Å². The molecule has 34 heavy (non-hydrogen) atoms. The second-order valence-electron chi connectivity index (χ2n) is 7.88. The van der Waals surface area contributed by atoms with E-state index in [4.69, 9.17) is 14.2 Å². The van der Waals surface area contributed by atoms with Gasteiger partial charge >= 0.3 is 12.1 Å². The van der Waals surface area contributed by atoms with Gasteiger partial charge in [-0.1, -0.05) is 48.5 Å². The summed E-state index contributed by atoms with van der Waals surface area (Å²) >= 11 is 0. The van der Waals surface area contributed by atoms with Crippen molar-refractivity contribution in [2.24, 2.45) is 0 Å². The average molecular weight is 463 g/mol. The quantitative estimate of drug-likeness (QED) is 0.466. The molecule has 8 nitrogen and oxygen atoms in total. The van der Waals surface area contributed by atoms with Crippen LogP contribution in [0.3, 0.4) is 0 Å². The summed E-state index contributed by atoms with van der Waals surface area (Å²) in [7, 11) is 2.89. The zero-order chi connectivity index (χ0) is 24.2. The lowest BCUT2D eigenvalue weighted by atomic mass is 9.98. The number of nitrogens with one attached hydrogen (secondary N) is 1. The van der Waals surface area contributed by atoms with Crippen LogP contribution in [0.25, 0.3) is 11.1 Å². The number of ether oxygens (including phenoxy) is 3. The SMILES string of the molecule is COc1cc(OC)cc([C@@H](NC(=O)OCC2c3ccccc3-c3ccccc32)[C@@H](O)C(=O)O)c1. The molecule has 0 aromatic heterocycles. The molecule has 176 valence electrons. The summed E-state index contributed by atoms with van der Waals surface area (Å²) in [5, 5.41) is 22.2. The van der Waals surface area contributed by atoms with Gasteiger partial charge in [0.1, 0.15) is 18.1 Å². The van der Waals surface area contributed by atoms with E-state index in [2.05, 4.69) is 5.32 Å². The van der Waals surface area contributed by atoms with E-state index in [1.165, 1.54) is 26.4 Å². The molecule has 0 spiro atoms. The third kappa shape index (κ3) is 4.53. The molecule has 0 saturated heterocycles. The summed E-state index contributed by atoms with van der Waals surface area (Å²) in [5.74, 6) is -0.888. The number of carboxylic acids is 1. The van der Waals surface area contributed by atoms with Gasteiger partial charge in [0, 0.05) is 12.0 Å². The summed E-state index contributed by atoms with van der Waals surface area (Å²) in [5.41, 5.74) is 4.58. The fraction of sp³-hybridized carbons (Fsp3) is 0.231. The summed E-state index contributed by atoms with van der Waals surface area (Å²) in [6.07, 6.45) is -2.77. The number of carbonyl (C=O) groups is 2. The van der Waals surface area contributed by atoms with E-state index in [1.807, 2.05) is 48.5 Å². The molecule has 4 rings (SSSR count). The first-order valence-corrected chi connectivity index (χ1v) is 10.7. The average Bonchev–Trinajstić information content (AvgIpc) is 3.18. The van der Waals surface area contributed by atoms with Gasteiger partial charge in [-0.15, -0.1) is 0 Å². The lowest BCUT2D eigenvalue weighted by Crippen LogP contribution is -2.40. The molecule has 1 amide bonds. The molecule has 1 aliphatic carbocycles. The number of benzene rings is 3. The lowest BCUT2D eigenvalue weighted by Gasteiger charge is -2.23. The van der Waals surface area contributed by atoms with E-state index in [0.717, 1.165) is 22.3 Å². The number of alkyl carbamates (subject to hydrolysis) is 1. The number of rotatable bonds is 8. The van der Waals surface area contributed by atoms with Crippen LogP contribution in [0, 0.1) is 0 Å². The first kappa shape index (κ1) is 23.1. The van der Waals surface area contributed by atoms with E-state index in [0.29, 0.717) is 17.1 Å². The molecule has 0 fully saturated rings. The number of aliphatic hydroxyl groups excluding tert-OH is 1. The predicted molar refractivity (Wildman–Crippen MR) is 124 cm³/mol. The van der Waals surface area contributed by atoms with E-state index < -0.39 is 24.2 Å². The zero-order valence-electron chi connectivity index (χ0n) is 18.7. The Bertz CT molecular complexity index is 1140. The van der Waals surface area contributed by atoms with Crippen molar-refractivity contribution < 1.29 is 34.0 Å². The third-order valence-corrected chi connectivity index (χ3v) is 5.92. The summed E-state index contributed by atoms with van der Waals surface area (Å²) in [6, 6.07) is 19.2. The minimum atomic E-state index is -1.92. The van der Waals surface area contributed by atoms with Gasteiger partial charge in [-0.3, -0.25) is 0 Å². The molecule has 0 aliphatic heterocycles. The minimum Gasteiger partial charge on any atom is -0.497 e. The van der Waals surface area contributed by atoms with Gasteiger partial charge in [0.05, 0.1) is 20.3 Å². The number of methoxy groups -OCH3 is 2. The normalized spacial score (nSPS) is 13.9. The topological polar surface area (TPSA) is 114 Å². The smallest absolute Gasteiger partial charge is 0.407 e. The van der Waals surface area contributed by atoms with Crippen LogP contribution in [0.4, 0.5) is 4.79 Å². The molecule has 0 saturated carbocycles. The van der Waals surface area contributed by atoms with Crippen LogP contribution in [-0.4, -0.2) is 49.2 Å². The molecule has 3 aromatic rings. The van der Waals surface area contributed by atoms with E-state index in [-0.39, 0.29) is 12.5 Å². The monoisotopic (exact) mass is 463 g/mol. The van der Waals surface area contributed by atoms with Crippen LogP contribution < -0.4 is 14.8 Å². The molecule has 3 aromatic carbocycles. The van der Waals surface area contributed by atoms with Gasteiger partial charge in [0.25, 0.3) is 0 Å². The van der Waals surface area contributed by atoms with Crippen LogP contribution in [0.1, 0.15) is 28.7 Å². The number of hydrogen-bond donors (Lipinski definition) is 3. The Balaban J connectivity index is 1.54. The van der Waals surface area contributed by atoms with E-state index in [9.17, 15) is 19.8 Å². The van der Waals surface area contributed by atoms with E-state index >= 15 is 0 Å². The van der Waals surface area contributed by atoms with Crippen LogP contribution in [0.5, 0.6) is 11.5 Å². The van der Waals surface area contributed by atoms with Crippen molar-refractivity contribution >= 4 is 12.1 Å². The largest absolute Gasteiger partial charge is 0.497 e. The molecule has 3 N–H and O–H groups in total. The Kier molecular flexibility index (Phi) is 6.70. The molecule has 8 heteroatoms. The lowest BCUT2D eigenvalue weighted by molar-refractivity contribution is -0.148. The predicted octanol–water partition coefficient (Wildman–Crippen LogP) is 3.73. The van der Waals surface area contributed by atoms with Crippen molar-refractivity contribution in [2.75, 3.05) is 20.8 Å². The molecule has 1 aliphatic rings. The van der Waals surface area contributed by atoms with Gasteiger partial charge < -0.3 is 29.7 Å². The highest BCUT2D eigenvalue weighted by Crippen LogP contribution is 2.44. The fourth-order valence-corrected chi connectivity index (χ4v) is 4.26. The van der Waals surface area contributed by atoms with Crippen molar-refractivity contribution in [3.63, 3.8) is 0 Å². The number of aliphatic hydroxyl groups is 1. The third-order valence-electron chi connectivity index (χ3n) is 5.92. The number of amides is 1. The molecule has 2 atom stereocenters. The molecule has 0 radical (unpaired) electrons. The first-order chi connectivity index (χ1) is 16.4. The van der Waals surface area contributed by atoms with Crippen LogP contribution in [-0.2, 0) is 9.53 Å². The van der Waals surface area contributed by atoms with Crippen LogP contribution in [0.2, 0.25) is 0 Å². The molecule has 0 heterocycles. The van der Waals surface area contributed by atoms with Crippen molar-refractivity contribution in [2.45, 2.75) is 18.1 Å². The summed E-state index contributed by atoms with van der Waals surface area (Å²) in [6.45, 7) is 0.0528. The van der Waals surface area contributed by atoms with E-state index in [1.54, 1.807) is 6.07 Å². The van der Waals surface area contributed by atoms with Gasteiger partial charge in [-0.25, -0.2) is 9.59 Å². The highest BCUT2D eigenvalue weighted by Gasteiger charge is 2.32. The fourth-order valence-electron chi connectivity index (χ4n) is 4.26.